The largest absolute Gasteiger partial charge is 0.508 e. The number of carbonyl (C=O) groups is 1. The summed E-state index contributed by atoms with van der Waals surface area (Å²) in [4.78, 5) is 29.9. The molecule has 3 aliphatic rings. The third-order valence-electron chi connectivity index (χ3n) is 8.07. The Bertz CT molecular complexity index is 1100. The van der Waals surface area contributed by atoms with Crippen LogP contribution in [-0.2, 0) is 18.3 Å². The monoisotopic (exact) mass is 451 g/mol. The summed E-state index contributed by atoms with van der Waals surface area (Å²) in [5.74, 6) is 0.743. The molecule has 1 saturated heterocycles. The highest BCUT2D eigenvalue weighted by atomic mass is 16.3. The minimum atomic E-state index is -0.684. The smallest absolute Gasteiger partial charge is 0.261 e. The molecule has 178 valence electrons. The molecule has 5 rings (SSSR count). The normalized spacial score (nSPS) is 26.5. The van der Waals surface area contributed by atoms with Gasteiger partial charge in [-0.1, -0.05) is 19.9 Å². The Balaban J connectivity index is 0.00000126. The molecule has 1 saturated carbocycles. The van der Waals surface area contributed by atoms with E-state index in [2.05, 4.69) is 23.7 Å². The van der Waals surface area contributed by atoms with E-state index < -0.39 is 11.5 Å². The Labute approximate surface area is 196 Å². The standard InChI is InChI=1S/C25H31N3O3.C2H6/c1-14-3-6-18(29)11-20(14)25-7-8-28(13-16-4-5-16)15(2)21(25)10-17-9-19(23(26)30)24(31)27-22(17)12-25;1-2/h3,6,9,11,15-16,21,29H,4-5,7-8,10,12-13H2,1-2H3,(H2,26,30)(H,27,31);1-2H3. The number of benzene rings is 1. The van der Waals surface area contributed by atoms with E-state index in [0.29, 0.717) is 18.4 Å². The lowest BCUT2D eigenvalue weighted by molar-refractivity contribution is 0.0246. The van der Waals surface area contributed by atoms with E-state index in [4.69, 9.17) is 5.73 Å². The van der Waals surface area contributed by atoms with Gasteiger partial charge in [-0.3, -0.25) is 9.59 Å². The van der Waals surface area contributed by atoms with Gasteiger partial charge in [-0.25, -0.2) is 0 Å². The fourth-order valence-electron chi connectivity index (χ4n) is 6.19. The van der Waals surface area contributed by atoms with Crippen LogP contribution in [-0.4, -0.2) is 40.0 Å². The average molecular weight is 452 g/mol. The number of carbonyl (C=O) groups excluding carboxylic acids is 1. The number of H-pyrrole nitrogens is 1. The van der Waals surface area contributed by atoms with Crippen molar-refractivity contribution in [2.75, 3.05) is 13.1 Å². The van der Waals surface area contributed by atoms with E-state index >= 15 is 0 Å². The number of aryl methyl sites for hydroxylation is 1. The number of fused-ring (bicyclic) bond motifs is 2. The summed E-state index contributed by atoms with van der Waals surface area (Å²) in [6.07, 6.45) is 5.13. The van der Waals surface area contributed by atoms with Crippen LogP contribution in [0.5, 0.6) is 5.75 Å². The van der Waals surface area contributed by atoms with Crippen molar-refractivity contribution < 1.29 is 9.90 Å². The van der Waals surface area contributed by atoms with E-state index in [9.17, 15) is 14.7 Å². The third-order valence-corrected chi connectivity index (χ3v) is 8.07. The summed E-state index contributed by atoms with van der Waals surface area (Å²) in [5.41, 5.74) is 9.19. The van der Waals surface area contributed by atoms with Crippen LogP contribution in [0.1, 0.15) is 72.8 Å². The quantitative estimate of drug-likeness (QED) is 0.660. The first-order valence-corrected chi connectivity index (χ1v) is 12.4. The number of piperidine rings is 1. The second-order valence-electron chi connectivity index (χ2n) is 9.95. The van der Waals surface area contributed by atoms with E-state index in [1.165, 1.54) is 24.0 Å². The number of nitrogens with one attached hydrogen (secondary N) is 1. The number of pyridine rings is 1. The lowest BCUT2D eigenvalue weighted by Crippen LogP contribution is -2.59. The maximum atomic E-state index is 12.5. The number of nitrogens with two attached hydrogens (primary N) is 1. The lowest BCUT2D eigenvalue weighted by Gasteiger charge is -2.55. The number of aromatic amines is 1. The zero-order chi connectivity index (χ0) is 23.9. The molecule has 2 heterocycles. The van der Waals surface area contributed by atoms with Crippen LogP contribution in [0, 0.1) is 18.8 Å². The van der Waals surface area contributed by atoms with Gasteiger partial charge in [0.05, 0.1) is 0 Å². The van der Waals surface area contributed by atoms with E-state index in [1.54, 1.807) is 12.1 Å². The predicted octanol–water partition coefficient (Wildman–Crippen LogP) is 3.67. The van der Waals surface area contributed by atoms with Crippen molar-refractivity contribution in [1.82, 2.24) is 9.88 Å². The average Bonchev–Trinajstić information content (AvgIpc) is 3.61. The molecule has 33 heavy (non-hydrogen) atoms. The topological polar surface area (TPSA) is 99.4 Å². The Kier molecular flexibility index (Phi) is 6.41. The Morgan fingerprint density at radius 1 is 1.27 bits per heavy atom. The first-order chi connectivity index (χ1) is 15.8. The number of rotatable bonds is 4. The van der Waals surface area contributed by atoms with Gasteiger partial charge in [0.1, 0.15) is 11.3 Å². The molecule has 3 atom stereocenters. The Hall–Kier alpha value is -2.60. The van der Waals surface area contributed by atoms with E-state index in [1.807, 2.05) is 26.0 Å². The molecule has 2 aromatic rings. The van der Waals surface area contributed by atoms with Crippen LogP contribution in [0.25, 0.3) is 0 Å². The van der Waals surface area contributed by atoms with E-state index in [-0.39, 0.29) is 16.7 Å². The fourth-order valence-corrected chi connectivity index (χ4v) is 6.19. The molecule has 3 unspecified atom stereocenters. The molecule has 6 nitrogen and oxygen atoms in total. The number of nitrogens with zero attached hydrogens (tertiary/aromatic N) is 1. The Morgan fingerprint density at radius 2 is 2.00 bits per heavy atom. The number of likely N-dealkylation sites (tertiary alicyclic amines) is 1. The first kappa shape index (κ1) is 23.6. The molecule has 2 aliphatic carbocycles. The van der Waals surface area contributed by atoms with Crippen molar-refractivity contribution in [3.8, 4) is 5.75 Å². The highest BCUT2D eigenvalue weighted by Gasteiger charge is 2.51. The molecule has 0 spiro atoms. The number of amides is 1. The molecule has 4 N–H and O–H groups in total. The van der Waals surface area contributed by atoms with E-state index in [0.717, 1.165) is 43.1 Å². The van der Waals surface area contributed by atoms with Crippen molar-refractivity contribution in [1.29, 1.82) is 0 Å². The van der Waals surface area contributed by atoms with Crippen molar-refractivity contribution >= 4 is 5.91 Å². The zero-order valence-corrected chi connectivity index (χ0v) is 20.3. The van der Waals surface area contributed by atoms with Gasteiger partial charge in [0.25, 0.3) is 11.5 Å². The van der Waals surface area contributed by atoms with Crippen LogP contribution in [0.15, 0.2) is 29.1 Å². The maximum Gasteiger partial charge on any atom is 0.261 e. The summed E-state index contributed by atoms with van der Waals surface area (Å²) in [6, 6.07) is 7.74. The molecular formula is C27H37N3O3. The summed E-state index contributed by atoms with van der Waals surface area (Å²) in [6.45, 7) is 10.6. The van der Waals surface area contributed by atoms with Crippen molar-refractivity contribution in [2.24, 2.45) is 17.6 Å². The molecular weight excluding hydrogens is 414 g/mol. The van der Waals surface area contributed by atoms with Crippen molar-refractivity contribution in [3.63, 3.8) is 0 Å². The van der Waals surface area contributed by atoms with Gasteiger partial charge in [-0.2, -0.15) is 0 Å². The molecule has 1 aromatic carbocycles. The second kappa shape index (κ2) is 8.98. The van der Waals surface area contributed by atoms with Gasteiger partial charge in [-0.05, 0) is 99.2 Å². The van der Waals surface area contributed by atoms with Crippen LogP contribution < -0.4 is 11.3 Å². The number of phenolic OH excluding ortho intramolecular Hbond substituents is 1. The molecule has 2 fully saturated rings. The van der Waals surface area contributed by atoms with Gasteiger partial charge >= 0.3 is 0 Å². The van der Waals surface area contributed by atoms with Crippen molar-refractivity contribution in [3.05, 3.63) is 62.6 Å². The van der Waals surface area contributed by atoms with Gasteiger partial charge < -0.3 is 20.7 Å². The number of hydrogen-bond acceptors (Lipinski definition) is 4. The molecule has 6 heteroatoms. The van der Waals surface area contributed by atoms with Crippen LogP contribution >= 0.6 is 0 Å². The van der Waals surface area contributed by atoms with Gasteiger partial charge in [0.2, 0.25) is 0 Å². The fraction of sp³-hybridized carbons (Fsp3) is 0.556. The number of aromatic nitrogens is 1. The molecule has 1 aliphatic heterocycles. The predicted molar refractivity (Wildman–Crippen MR) is 131 cm³/mol. The zero-order valence-electron chi connectivity index (χ0n) is 20.3. The number of hydrogen-bond donors (Lipinski definition) is 3. The summed E-state index contributed by atoms with van der Waals surface area (Å²) >= 11 is 0. The highest BCUT2D eigenvalue weighted by molar-refractivity contribution is 5.92. The SMILES string of the molecule is CC.Cc1ccc(O)cc1C12CCN(CC3CC3)C(C)C1Cc1cc(C(N)=O)c(=O)[nH]c1C2. The van der Waals surface area contributed by atoms with Crippen LogP contribution in [0.4, 0.5) is 0 Å². The minimum Gasteiger partial charge on any atom is -0.508 e. The highest BCUT2D eigenvalue weighted by Crippen LogP contribution is 2.51. The number of phenols is 1. The third kappa shape index (κ3) is 4.21. The minimum absolute atomic E-state index is 0.0399. The van der Waals surface area contributed by atoms with Crippen LogP contribution in [0.2, 0.25) is 0 Å². The van der Waals surface area contributed by atoms with Gasteiger partial charge in [-0.15, -0.1) is 0 Å². The molecule has 0 radical (unpaired) electrons. The molecule has 1 amide bonds. The summed E-state index contributed by atoms with van der Waals surface area (Å²) in [5, 5.41) is 10.3. The van der Waals surface area contributed by atoms with Crippen molar-refractivity contribution in [2.45, 2.75) is 71.3 Å². The molecule has 1 aromatic heterocycles. The summed E-state index contributed by atoms with van der Waals surface area (Å²) in [7, 11) is 0. The van der Waals surface area contributed by atoms with Gasteiger partial charge in [0.15, 0.2) is 0 Å². The second-order valence-corrected chi connectivity index (χ2v) is 9.95. The first-order valence-electron chi connectivity index (χ1n) is 12.4. The lowest BCUT2D eigenvalue weighted by atomic mass is 9.55. The Morgan fingerprint density at radius 3 is 2.67 bits per heavy atom. The number of aromatic hydroxyl groups is 1. The molecule has 0 bridgehead atoms. The van der Waals surface area contributed by atoms with Crippen LogP contribution in [0.3, 0.4) is 0 Å². The number of primary amides is 1. The van der Waals surface area contributed by atoms with Gasteiger partial charge in [0, 0.05) is 23.7 Å². The summed E-state index contributed by atoms with van der Waals surface area (Å²) < 4.78 is 0. The maximum absolute atomic E-state index is 12.5.